The van der Waals surface area contributed by atoms with E-state index in [1.54, 1.807) is 0 Å². The zero-order valence-electron chi connectivity index (χ0n) is 15.9. The molecule has 1 atom stereocenters. The Morgan fingerprint density at radius 2 is 1.00 bits per heavy atom. The molecule has 0 aliphatic carbocycles. The van der Waals surface area contributed by atoms with Gasteiger partial charge in [0.05, 0.1) is 13.2 Å². The zero-order chi connectivity index (χ0) is 20.4. The van der Waals surface area contributed by atoms with Crippen LogP contribution in [0.25, 0.3) is 0 Å². The summed E-state index contributed by atoms with van der Waals surface area (Å²) in [5, 5.41) is 0. The predicted octanol–water partition coefficient (Wildman–Crippen LogP) is 6.53. The van der Waals surface area contributed by atoms with E-state index in [1.807, 2.05) is 91.0 Å². The minimum atomic E-state index is -3.64. The molecule has 0 aliphatic rings. The standard InChI is InChI=1S/C22H23O5P2/c23-28(25-16-20-10-4-1-5-11-20)19-29(24,26-17-21-12-6-2-7-13-21)27-18-22-14-8-3-9-15-22/h1-15H,16-19H2/q+1. The first-order chi connectivity index (χ1) is 14.1. The molecule has 0 heterocycles. The van der Waals surface area contributed by atoms with Crippen LogP contribution in [0.5, 0.6) is 0 Å². The maximum Gasteiger partial charge on any atom is 0.521 e. The molecule has 3 aromatic carbocycles. The number of hydrogen-bond acceptors (Lipinski definition) is 5. The quantitative estimate of drug-likeness (QED) is 0.324. The van der Waals surface area contributed by atoms with E-state index in [1.165, 1.54) is 0 Å². The summed E-state index contributed by atoms with van der Waals surface area (Å²) in [6.07, 6.45) is 0. The summed E-state index contributed by atoms with van der Waals surface area (Å²) in [6.45, 7) is 0.386. The molecule has 0 N–H and O–H groups in total. The average molecular weight is 429 g/mol. The fourth-order valence-corrected chi connectivity index (χ4v) is 5.69. The van der Waals surface area contributed by atoms with E-state index in [4.69, 9.17) is 13.6 Å². The Hall–Kier alpha value is -2.13. The van der Waals surface area contributed by atoms with Gasteiger partial charge in [0.2, 0.25) is 0 Å². The Labute approximate surface area is 172 Å². The van der Waals surface area contributed by atoms with Gasteiger partial charge in [-0.25, -0.2) is 0 Å². The van der Waals surface area contributed by atoms with Crippen LogP contribution < -0.4 is 0 Å². The van der Waals surface area contributed by atoms with Crippen LogP contribution in [0.2, 0.25) is 0 Å². The van der Waals surface area contributed by atoms with Gasteiger partial charge >= 0.3 is 15.6 Å². The average Bonchev–Trinajstić information content (AvgIpc) is 2.77. The lowest BCUT2D eigenvalue weighted by molar-refractivity contribution is 0.193. The molecule has 1 unspecified atom stereocenters. The van der Waals surface area contributed by atoms with Crippen LogP contribution in [-0.2, 0) is 42.5 Å². The molecule has 5 nitrogen and oxygen atoms in total. The SMILES string of the molecule is O=[P+](CP(=O)(OCc1ccccc1)OCc1ccccc1)OCc1ccccc1. The minimum Gasteiger partial charge on any atom is -0.301 e. The van der Waals surface area contributed by atoms with Gasteiger partial charge in [0, 0.05) is 0 Å². The Kier molecular flexibility index (Phi) is 8.30. The van der Waals surface area contributed by atoms with Crippen molar-refractivity contribution in [2.24, 2.45) is 0 Å². The molecular weight excluding hydrogens is 406 g/mol. The van der Waals surface area contributed by atoms with E-state index in [-0.39, 0.29) is 25.7 Å². The summed E-state index contributed by atoms with van der Waals surface area (Å²) >= 11 is 0. The Bertz CT molecular complexity index is 886. The highest BCUT2D eigenvalue weighted by molar-refractivity contribution is 7.65. The molecule has 0 aliphatic heterocycles. The van der Waals surface area contributed by atoms with Gasteiger partial charge in [0.15, 0.2) is 0 Å². The molecule has 0 spiro atoms. The van der Waals surface area contributed by atoms with Crippen molar-refractivity contribution < 1.29 is 22.7 Å². The largest absolute Gasteiger partial charge is 0.521 e. The van der Waals surface area contributed by atoms with Crippen molar-refractivity contribution in [3.8, 4) is 0 Å². The van der Waals surface area contributed by atoms with Crippen LogP contribution in [0.15, 0.2) is 91.0 Å². The van der Waals surface area contributed by atoms with Crippen molar-refractivity contribution in [2.75, 3.05) is 5.90 Å². The highest BCUT2D eigenvalue weighted by Gasteiger charge is 2.38. The molecule has 7 heteroatoms. The van der Waals surface area contributed by atoms with Gasteiger partial charge in [-0.15, -0.1) is 4.52 Å². The third kappa shape index (κ3) is 7.66. The second-order valence-electron chi connectivity index (χ2n) is 6.36. The topological polar surface area (TPSA) is 61.8 Å². The lowest BCUT2D eigenvalue weighted by atomic mass is 10.2. The first-order valence-corrected chi connectivity index (χ1v) is 12.3. The van der Waals surface area contributed by atoms with Crippen molar-refractivity contribution in [1.82, 2.24) is 0 Å². The van der Waals surface area contributed by atoms with Gasteiger partial charge < -0.3 is 9.05 Å². The van der Waals surface area contributed by atoms with Crippen LogP contribution in [0.1, 0.15) is 16.7 Å². The predicted molar refractivity (Wildman–Crippen MR) is 114 cm³/mol. The maximum atomic E-state index is 13.3. The summed E-state index contributed by atoms with van der Waals surface area (Å²) in [6, 6.07) is 28.2. The van der Waals surface area contributed by atoms with Gasteiger partial charge in [-0.3, -0.25) is 4.57 Å². The third-order valence-corrected chi connectivity index (χ3v) is 7.82. The van der Waals surface area contributed by atoms with Gasteiger partial charge in [0.25, 0.3) is 5.90 Å². The van der Waals surface area contributed by atoms with Crippen LogP contribution in [0.3, 0.4) is 0 Å². The summed E-state index contributed by atoms with van der Waals surface area (Å²) in [4.78, 5) is 0. The maximum absolute atomic E-state index is 13.3. The van der Waals surface area contributed by atoms with Crippen LogP contribution >= 0.6 is 15.6 Å². The highest BCUT2D eigenvalue weighted by Crippen LogP contribution is 2.56. The number of rotatable bonds is 11. The van der Waals surface area contributed by atoms with Crippen LogP contribution in [0.4, 0.5) is 0 Å². The molecule has 0 bridgehead atoms. The summed E-state index contributed by atoms with van der Waals surface area (Å²) in [5.41, 5.74) is 2.61. The lowest BCUT2D eigenvalue weighted by Gasteiger charge is -2.15. The second-order valence-corrected chi connectivity index (χ2v) is 10.2. The molecule has 0 saturated carbocycles. The van der Waals surface area contributed by atoms with E-state index < -0.39 is 15.6 Å². The van der Waals surface area contributed by atoms with E-state index in [0.29, 0.717) is 0 Å². The van der Waals surface area contributed by atoms with E-state index in [2.05, 4.69) is 0 Å². The molecule has 0 fully saturated rings. The van der Waals surface area contributed by atoms with Crippen molar-refractivity contribution in [3.05, 3.63) is 108 Å². The molecule has 0 aromatic heterocycles. The monoisotopic (exact) mass is 429 g/mol. The summed E-state index contributed by atoms with van der Waals surface area (Å²) in [5.74, 6) is -0.297. The second kappa shape index (κ2) is 11.2. The van der Waals surface area contributed by atoms with Gasteiger partial charge in [-0.1, -0.05) is 91.0 Å². The molecule has 29 heavy (non-hydrogen) atoms. The van der Waals surface area contributed by atoms with Gasteiger partial charge in [-0.2, -0.15) is 0 Å². The van der Waals surface area contributed by atoms with Crippen molar-refractivity contribution >= 4 is 15.6 Å². The Morgan fingerprint density at radius 1 is 0.621 bits per heavy atom. The van der Waals surface area contributed by atoms with Gasteiger partial charge in [-0.05, 0) is 21.3 Å². The normalized spacial score (nSPS) is 11.9. The zero-order valence-corrected chi connectivity index (χ0v) is 17.7. The Morgan fingerprint density at radius 3 is 1.41 bits per heavy atom. The summed E-state index contributed by atoms with van der Waals surface area (Å²) < 4.78 is 42.4. The van der Waals surface area contributed by atoms with Gasteiger partial charge in [0.1, 0.15) is 6.61 Å². The molecule has 0 amide bonds. The molecule has 3 aromatic rings. The van der Waals surface area contributed by atoms with Crippen molar-refractivity contribution in [1.29, 1.82) is 0 Å². The Balaban J connectivity index is 1.62. The smallest absolute Gasteiger partial charge is 0.301 e. The van der Waals surface area contributed by atoms with E-state index in [0.717, 1.165) is 16.7 Å². The fourth-order valence-electron chi connectivity index (χ4n) is 2.52. The fraction of sp³-hybridized carbons (Fsp3) is 0.182. The van der Waals surface area contributed by atoms with E-state index in [9.17, 15) is 9.13 Å². The lowest BCUT2D eigenvalue weighted by Crippen LogP contribution is -2.00. The van der Waals surface area contributed by atoms with E-state index >= 15 is 0 Å². The highest BCUT2D eigenvalue weighted by atomic mass is 31.2. The van der Waals surface area contributed by atoms with Crippen molar-refractivity contribution in [3.63, 3.8) is 0 Å². The van der Waals surface area contributed by atoms with Crippen LogP contribution in [-0.4, -0.2) is 5.90 Å². The number of hydrogen-bond donors (Lipinski definition) is 0. The van der Waals surface area contributed by atoms with Crippen molar-refractivity contribution in [2.45, 2.75) is 19.8 Å². The number of benzene rings is 3. The van der Waals surface area contributed by atoms with Crippen LogP contribution in [0, 0.1) is 0 Å². The first kappa shape index (κ1) is 21.6. The summed E-state index contributed by atoms with van der Waals surface area (Å²) in [7, 11) is -5.85. The first-order valence-electron chi connectivity index (χ1n) is 9.20. The minimum absolute atomic E-state index is 0.106. The molecule has 0 radical (unpaired) electrons. The molecular formula is C22H23O5P2+. The molecule has 0 saturated heterocycles. The third-order valence-electron chi connectivity index (χ3n) is 4.05. The molecule has 3 rings (SSSR count). The molecule has 150 valence electrons.